The van der Waals surface area contributed by atoms with Gasteiger partial charge < -0.3 is 5.32 Å². The Kier molecular flexibility index (Phi) is 4.19. The Hall–Kier alpha value is -1.13. The Labute approximate surface area is 116 Å². The van der Waals surface area contributed by atoms with E-state index in [1.165, 1.54) is 16.7 Å². The third-order valence-corrected chi connectivity index (χ3v) is 3.64. The molecule has 0 bridgehead atoms. The van der Waals surface area contributed by atoms with Crippen molar-refractivity contribution in [1.29, 1.82) is 0 Å². The molecule has 0 aliphatic heterocycles. The van der Waals surface area contributed by atoms with Gasteiger partial charge in [-0.25, -0.2) is 0 Å². The van der Waals surface area contributed by atoms with Crippen LogP contribution in [-0.4, -0.2) is 16.8 Å². The van der Waals surface area contributed by atoms with Gasteiger partial charge >= 0.3 is 0 Å². The Morgan fingerprint density at radius 1 is 1.44 bits per heavy atom. The largest absolute Gasteiger partial charge is 0.309 e. The van der Waals surface area contributed by atoms with Gasteiger partial charge in [0, 0.05) is 22.8 Å². The van der Waals surface area contributed by atoms with Crippen LogP contribution in [0.2, 0.25) is 0 Å². The Bertz CT molecular complexity index is 534. The fourth-order valence-electron chi connectivity index (χ4n) is 2.17. The highest BCUT2D eigenvalue weighted by Gasteiger charge is 2.15. The second-order valence-corrected chi connectivity index (χ2v) is 5.27. The van der Waals surface area contributed by atoms with E-state index in [9.17, 15) is 0 Å². The van der Waals surface area contributed by atoms with Crippen LogP contribution in [0, 0.1) is 6.92 Å². The molecule has 1 N–H and O–H groups in total. The summed E-state index contributed by atoms with van der Waals surface area (Å²) in [6.45, 7) is 5.13. The number of nitrogens with zero attached hydrogens (tertiary/aromatic N) is 2. The van der Waals surface area contributed by atoms with Crippen molar-refractivity contribution in [2.45, 2.75) is 26.4 Å². The molecule has 2 aromatic rings. The minimum Gasteiger partial charge on any atom is -0.309 e. The summed E-state index contributed by atoms with van der Waals surface area (Å²) in [4.78, 5) is 0. The quantitative estimate of drug-likeness (QED) is 0.939. The van der Waals surface area contributed by atoms with E-state index >= 15 is 0 Å². The highest BCUT2D eigenvalue weighted by Crippen LogP contribution is 2.26. The molecule has 0 spiro atoms. The molecule has 4 heteroatoms. The molecule has 1 atom stereocenters. The number of rotatable bonds is 4. The first-order chi connectivity index (χ1) is 8.65. The molecular weight excluding hydrogens is 290 g/mol. The molecule has 0 saturated carbocycles. The number of halogens is 1. The SMILES string of the molecule is CCn1cc(C(NC)c2ccc(Br)cc2C)cn1. The maximum atomic E-state index is 4.34. The van der Waals surface area contributed by atoms with Gasteiger partial charge in [-0.3, -0.25) is 4.68 Å². The average Bonchev–Trinajstić information content (AvgIpc) is 2.81. The summed E-state index contributed by atoms with van der Waals surface area (Å²) in [6, 6.07) is 6.57. The number of benzene rings is 1. The predicted octanol–water partition coefficient (Wildman–Crippen LogP) is 3.28. The molecule has 2 rings (SSSR count). The van der Waals surface area contributed by atoms with Gasteiger partial charge in [0.15, 0.2) is 0 Å². The fraction of sp³-hybridized carbons (Fsp3) is 0.357. The van der Waals surface area contributed by atoms with Gasteiger partial charge in [0.05, 0.1) is 12.2 Å². The Morgan fingerprint density at radius 3 is 2.78 bits per heavy atom. The van der Waals surface area contributed by atoms with Crippen LogP contribution >= 0.6 is 15.9 Å². The maximum absolute atomic E-state index is 4.34. The highest BCUT2D eigenvalue weighted by atomic mass is 79.9. The molecule has 96 valence electrons. The summed E-state index contributed by atoms with van der Waals surface area (Å²) in [5.41, 5.74) is 3.76. The van der Waals surface area contributed by atoms with Crippen molar-refractivity contribution in [1.82, 2.24) is 15.1 Å². The molecule has 0 amide bonds. The van der Waals surface area contributed by atoms with Gasteiger partial charge in [-0.05, 0) is 44.2 Å². The zero-order valence-electron chi connectivity index (χ0n) is 10.9. The molecule has 1 heterocycles. The second kappa shape index (κ2) is 5.67. The summed E-state index contributed by atoms with van der Waals surface area (Å²) >= 11 is 3.50. The number of hydrogen-bond donors (Lipinski definition) is 1. The smallest absolute Gasteiger partial charge is 0.0608 e. The van der Waals surface area contributed by atoms with Crippen LogP contribution in [0.4, 0.5) is 0 Å². The number of aromatic nitrogens is 2. The number of nitrogens with one attached hydrogen (secondary N) is 1. The molecule has 1 aromatic heterocycles. The summed E-state index contributed by atoms with van der Waals surface area (Å²) in [5.74, 6) is 0. The molecule has 18 heavy (non-hydrogen) atoms. The molecule has 1 unspecified atom stereocenters. The van der Waals surface area contributed by atoms with Crippen molar-refractivity contribution in [3.63, 3.8) is 0 Å². The summed E-state index contributed by atoms with van der Waals surface area (Å²) in [7, 11) is 1.98. The Morgan fingerprint density at radius 2 is 2.22 bits per heavy atom. The zero-order chi connectivity index (χ0) is 13.1. The van der Waals surface area contributed by atoms with Crippen molar-refractivity contribution in [2.75, 3.05) is 7.05 Å². The molecule has 0 saturated heterocycles. The van der Waals surface area contributed by atoms with Gasteiger partial charge in [-0.1, -0.05) is 22.0 Å². The van der Waals surface area contributed by atoms with Crippen LogP contribution in [0.3, 0.4) is 0 Å². The van der Waals surface area contributed by atoms with Crippen molar-refractivity contribution in [3.8, 4) is 0 Å². The molecule has 0 aliphatic carbocycles. The van der Waals surface area contributed by atoms with Crippen LogP contribution in [-0.2, 0) is 6.54 Å². The van der Waals surface area contributed by atoms with Crippen LogP contribution in [0.15, 0.2) is 35.1 Å². The van der Waals surface area contributed by atoms with E-state index in [0.29, 0.717) is 0 Å². The van der Waals surface area contributed by atoms with E-state index in [-0.39, 0.29) is 6.04 Å². The predicted molar refractivity (Wildman–Crippen MR) is 77.7 cm³/mol. The van der Waals surface area contributed by atoms with Crippen molar-refractivity contribution in [2.24, 2.45) is 0 Å². The third-order valence-electron chi connectivity index (χ3n) is 3.14. The fourth-order valence-corrected chi connectivity index (χ4v) is 2.64. The average molecular weight is 308 g/mol. The zero-order valence-corrected chi connectivity index (χ0v) is 12.5. The number of hydrogen-bond acceptors (Lipinski definition) is 2. The highest BCUT2D eigenvalue weighted by molar-refractivity contribution is 9.10. The van der Waals surface area contributed by atoms with E-state index < -0.39 is 0 Å². The lowest BCUT2D eigenvalue weighted by Gasteiger charge is -2.17. The standard InChI is InChI=1S/C14H18BrN3/c1-4-18-9-11(8-17-18)14(16-3)13-6-5-12(15)7-10(13)2/h5-9,14,16H,4H2,1-3H3. The van der Waals surface area contributed by atoms with E-state index in [0.717, 1.165) is 11.0 Å². The van der Waals surface area contributed by atoms with Crippen LogP contribution in [0.25, 0.3) is 0 Å². The van der Waals surface area contributed by atoms with E-state index in [2.05, 4.69) is 64.6 Å². The van der Waals surface area contributed by atoms with E-state index in [4.69, 9.17) is 0 Å². The van der Waals surface area contributed by atoms with Gasteiger partial charge in [0.25, 0.3) is 0 Å². The first-order valence-electron chi connectivity index (χ1n) is 6.11. The van der Waals surface area contributed by atoms with Crippen molar-refractivity contribution < 1.29 is 0 Å². The summed E-state index contributed by atoms with van der Waals surface area (Å²) < 4.78 is 3.07. The van der Waals surface area contributed by atoms with Crippen LogP contribution < -0.4 is 5.32 Å². The monoisotopic (exact) mass is 307 g/mol. The van der Waals surface area contributed by atoms with Crippen molar-refractivity contribution in [3.05, 3.63) is 51.8 Å². The van der Waals surface area contributed by atoms with Gasteiger partial charge in [-0.15, -0.1) is 0 Å². The number of aryl methyl sites for hydroxylation is 2. The molecule has 0 radical (unpaired) electrons. The normalized spacial score (nSPS) is 12.7. The first-order valence-corrected chi connectivity index (χ1v) is 6.90. The minimum absolute atomic E-state index is 0.193. The first kappa shape index (κ1) is 13.3. The molecule has 1 aromatic carbocycles. The van der Waals surface area contributed by atoms with Gasteiger partial charge in [0.2, 0.25) is 0 Å². The van der Waals surface area contributed by atoms with Crippen LogP contribution in [0.1, 0.15) is 29.7 Å². The lowest BCUT2D eigenvalue weighted by atomic mass is 9.97. The maximum Gasteiger partial charge on any atom is 0.0608 e. The van der Waals surface area contributed by atoms with E-state index in [1.54, 1.807) is 0 Å². The summed E-state index contributed by atoms with van der Waals surface area (Å²) in [5, 5.41) is 7.71. The lowest BCUT2D eigenvalue weighted by molar-refractivity contribution is 0.653. The molecule has 0 fully saturated rings. The molecular formula is C14H18BrN3. The van der Waals surface area contributed by atoms with Crippen molar-refractivity contribution >= 4 is 15.9 Å². The minimum atomic E-state index is 0.193. The van der Waals surface area contributed by atoms with Gasteiger partial charge in [-0.2, -0.15) is 5.10 Å². The second-order valence-electron chi connectivity index (χ2n) is 4.35. The van der Waals surface area contributed by atoms with E-state index in [1.807, 2.05) is 17.9 Å². The van der Waals surface area contributed by atoms with Crippen LogP contribution in [0.5, 0.6) is 0 Å². The topological polar surface area (TPSA) is 29.9 Å². The summed E-state index contributed by atoms with van der Waals surface area (Å²) in [6.07, 6.45) is 4.04. The molecule has 3 nitrogen and oxygen atoms in total. The molecule has 0 aliphatic rings. The third kappa shape index (κ3) is 2.65. The van der Waals surface area contributed by atoms with Gasteiger partial charge in [0.1, 0.15) is 0 Å². The Balaban J connectivity index is 2.38. The lowest BCUT2D eigenvalue weighted by Crippen LogP contribution is -2.18.